The number of nitrogens with one attached hydrogen (secondary N) is 1. The lowest BCUT2D eigenvalue weighted by atomic mass is 10.1. The van der Waals surface area contributed by atoms with Crippen LogP contribution in [0.25, 0.3) is 11.3 Å². The number of hydrogen-bond acceptors (Lipinski definition) is 4. The summed E-state index contributed by atoms with van der Waals surface area (Å²) in [6.07, 6.45) is 0. The van der Waals surface area contributed by atoms with Gasteiger partial charge in [-0.3, -0.25) is 0 Å². The van der Waals surface area contributed by atoms with Crippen LogP contribution in [0.4, 0.5) is 4.39 Å². The van der Waals surface area contributed by atoms with Crippen LogP contribution in [0.5, 0.6) is 0 Å². The van der Waals surface area contributed by atoms with Gasteiger partial charge in [-0.15, -0.1) is 5.10 Å². The van der Waals surface area contributed by atoms with Crippen LogP contribution < -0.4 is 5.32 Å². The third kappa shape index (κ3) is 2.88. The molecule has 17 heavy (non-hydrogen) atoms. The summed E-state index contributed by atoms with van der Waals surface area (Å²) in [5, 5.41) is 7.33. The molecule has 0 saturated heterocycles. The number of halogens is 2. The van der Waals surface area contributed by atoms with Crippen molar-refractivity contribution < 1.29 is 4.39 Å². The van der Waals surface area contributed by atoms with E-state index >= 15 is 0 Å². The molecule has 0 aliphatic carbocycles. The normalized spacial score (nSPS) is 10.8. The van der Waals surface area contributed by atoms with E-state index < -0.39 is 0 Å². The van der Waals surface area contributed by atoms with Gasteiger partial charge in [-0.2, -0.15) is 0 Å². The summed E-state index contributed by atoms with van der Waals surface area (Å²) in [5.74, 6) is -0.273. The van der Waals surface area contributed by atoms with Gasteiger partial charge >= 0.3 is 0 Å². The van der Waals surface area contributed by atoms with E-state index in [1.165, 1.54) is 17.6 Å². The van der Waals surface area contributed by atoms with Gasteiger partial charge in [0.15, 0.2) is 0 Å². The van der Waals surface area contributed by atoms with E-state index in [0.717, 1.165) is 29.2 Å². The molecule has 1 aromatic carbocycles. The third-order valence-electron chi connectivity index (χ3n) is 2.28. The van der Waals surface area contributed by atoms with E-state index in [1.54, 1.807) is 12.1 Å². The monoisotopic (exact) mass is 315 g/mol. The summed E-state index contributed by atoms with van der Waals surface area (Å²) < 4.78 is 17.5. The number of nitrogens with zero attached hydrogens (tertiary/aromatic N) is 2. The number of aromatic nitrogens is 2. The van der Waals surface area contributed by atoms with Crippen LogP contribution in [0.2, 0.25) is 0 Å². The van der Waals surface area contributed by atoms with Crippen molar-refractivity contribution in [3.05, 3.63) is 33.4 Å². The average Bonchev–Trinajstić information content (AvgIpc) is 2.78. The molecule has 0 amide bonds. The maximum absolute atomic E-state index is 13.2. The maximum atomic E-state index is 13.2. The zero-order chi connectivity index (χ0) is 12.3. The second-order valence-electron chi connectivity index (χ2n) is 3.45. The van der Waals surface area contributed by atoms with Crippen molar-refractivity contribution in [2.45, 2.75) is 13.5 Å². The summed E-state index contributed by atoms with van der Waals surface area (Å²) in [6.45, 7) is 3.67. The lowest BCUT2D eigenvalue weighted by Gasteiger charge is -2.03. The van der Waals surface area contributed by atoms with E-state index in [2.05, 4.69) is 30.8 Å². The highest BCUT2D eigenvalue weighted by Crippen LogP contribution is 2.27. The summed E-state index contributed by atoms with van der Waals surface area (Å²) in [6, 6.07) is 4.86. The van der Waals surface area contributed by atoms with E-state index in [-0.39, 0.29) is 5.82 Å². The second kappa shape index (κ2) is 5.66. The predicted octanol–water partition coefficient (Wildman–Crippen LogP) is 3.22. The maximum Gasteiger partial charge on any atom is 0.137 e. The van der Waals surface area contributed by atoms with Crippen LogP contribution >= 0.6 is 27.5 Å². The molecule has 0 fully saturated rings. The number of rotatable bonds is 4. The van der Waals surface area contributed by atoms with Gasteiger partial charge in [0, 0.05) is 12.1 Å². The third-order valence-corrected chi connectivity index (χ3v) is 3.61. The fraction of sp³-hybridized carbons (Fsp3) is 0.273. The van der Waals surface area contributed by atoms with E-state index in [4.69, 9.17) is 0 Å². The van der Waals surface area contributed by atoms with Crippen molar-refractivity contribution in [1.82, 2.24) is 14.9 Å². The summed E-state index contributed by atoms with van der Waals surface area (Å²) >= 11 is 4.54. The van der Waals surface area contributed by atoms with Gasteiger partial charge in [0.2, 0.25) is 0 Å². The molecule has 1 heterocycles. The van der Waals surface area contributed by atoms with Crippen molar-refractivity contribution in [1.29, 1.82) is 0 Å². The Morgan fingerprint density at radius 3 is 3.00 bits per heavy atom. The van der Waals surface area contributed by atoms with Gasteiger partial charge in [-0.05, 0) is 52.2 Å². The van der Waals surface area contributed by atoms with Crippen molar-refractivity contribution in [3.8, 4) is 11.3 Å². The molecule has 90 valence electrons. The largest absolute Gasteiger partial charge is 0.312 e. The highest BCUT2D eigenvalue weighted by atomic mass is 79.9. The van der Waals surface area contributed by atoms with Crippen LogP contribution in [0.1, 0.15) is 11.8 Å². The van der Waals surface area contributed by atoms with Crippen LogP contribution in [0.15, 0.2) is 22.7 Å². The first kappa shape index (κ1) is 12.6. The van der Waals surface area contributed by atoms with E-state index in [1.807, 2.05) is 6.92 Å². The highest BCUT2D eigenvalue weighted by molar-refractivity contribution is 9.10. The Morgan fingerprint density at radius 1 is 1.47 bits per heavy atom. The smallest absolute Gasteiger partial charge is 0.137 e. The molecule has 2 rings (SSSR count). The molecule has 6 heteroatoms. The minimum Gasteiger partial charge on any atom is -0.312 e. The molecule has 1 aromatic heterocycles. The topological polar surface area (TPSA) is 37.8 Å². The Bertz CT molecular complexity index is 515. The molecule has 0 spiro atoms. The van der Waals surface area contributed by atoms with Crippen LogP contribution in [0.3, 0.4) is 0 Å². The van der Waals surface area contributed by atoms with Crippen molar-refractivity contribution in [3.63, 3.8) is 0 Å². The predicted molar refractivity (Wildman–Crippen MR) is 70.4 cm³/mol. The van der Waals surface area contributed by atoms with Gasteiger partial charge in [0.25, 0.3) is 0 Å². The second-order valence-corrected chi connectivity index (χ2v) is 5.15. The molecule has 0 atom stereocenters. The van der Waals surface area contributed by atoms with E-state index in [0.29, 0.717) is 4.47 Å². The molecule has 0 saturated carbocycles. The van der Waals surface area contributed by atoms with Crippen LogP contribution in [-0.4, -0.2) is 16.1 Å². The Hall–Kier alpha value is -0.850. The molecule has 0 bridgehead atoms. The standard InChI is InChI=1S/C11H11BrFN3S/c1-2-14-6-10-11(15-16-17-10)7-3-4-9(13)8(12)5-7/h3-5,14H,2,6H2,1H3. The van der Waals surface area contributed by atoms with E-state index in [9.17, 15) is 4.39 Å². The molecule has 0 aliphatic heterocycles. The Morgan fingerprint density at radius 2 is 2.29 bits per heavy atom. The van der Waals surface area contributed by atoms with Gasteiger partial charge < -0.3 is 5.32 Å². The molecule has 0 unspecified atom stereocenters. The zero-order valence-electron chi connectivity index (χ0n) is 9.20. The Kier molecular flexibility index (Phi) is 4.20. The first-order valence-electron chi connectivity index (χ1n) is 5.19. The molecule has 0 aliphatic rings. The fourth-order valence-electron chi connectivity index (χ4n) is 1.43. The highest BCUT2D eigenvalue weighted by Gasteiger charge is 2.11. The molecule has 2 aromatic rings. The first-order chi connectivity index (χ1) is 8.22. The minimum atomic E-state index is -0.273. The van der Waals surface area contributed by atoms with Crippen molar-refractivity contribution >= 4 is 27.5 Å². The minimum absolute atomic E-state index is 0.273. The van der Waals surface area contributed by atoms with Crippen molar-refractivity contribution in [2.24, 2.45) is 0 Å². The molecule has 1 N–H and O–H groups in total. The summed E-state index contributed by atoms with van der Waals surface area (Å²) in [7, 11) is 0. The van der Waals surface area contributed by atoms with Gasteiger partial charge in [-0.1, -0.05) is 11.4 Å². The van der Waals surface area contributed by atoms with Gasteiger partial charge in [-0.25, -0.2) is 4.39 Å². The van der Waals surface area contributed by atoms with Crippen LogP contribution in [-0.2, 0) is 6.54 Å². The van der Waals surface area contributed by atoms with Gasteiger partial charge in [0.05, 0.1) is 9.35 Å². The molecule has 3 nitrogen and oxygen atoms in total. The SMILES string of the molecule is CCNCc1snnc1-c1ccc(F)c(Br)c1. The molecule has 0 radical (unpaired) electrons. The number of benzene rings is 1. The number of hydrogen-bond donors (Lipinski definition) is 1. The summed E-state index contributed by atoms with van der Waals surface area (Å²) in [5.41, 5.74) is 1.69. The average molecular weight is 316 g/mol. The molecular weight excluding hydrogens is 305 g/mol. The first-order valence-corrected chi connectivity index (χ1v) is 6.76. The lowest BCUT2D eigenvalue weighted by Crippen LogP contribution is -2.11. The Labute approximate surface area is 111 Å². The zero-order valence-corrected chi connectivity index (χ0v) is 11.6. The summed E-state index contributed by atoms with van der Waals surface area (Å²) in [4.78, 5) is 1.06. The van der Waals surface area contributed by atoms with Crippen LogP contribution in [0, 0.1) is 5.82 Å². The van der Waals surface area contributed by atoms with Crippen molar-refractivity contribution in [2.75, 3.05) is 6.54 Å². The quantitative estimate of drug-likeness (QED) is 0.941. The Balaban J connectivity index is 2.32. The molecular formula is C11H11BrFN3S. The lowest BCUT2D eigenvalue weighted by molar-refractivity contribution is 0.621. The van der Waals surface area contributed by atoms with Gasteiger partial charge in [0.1, 0.15) is 11.5 Å². The fourth-order valence-corrected chi connectivity index (χ4v) is 2.44.